The van der Waals surface area contributed by atoms with E-state index in [1.807, 2.05) is 6.92 Å². The van der Waals surface area contributed by atoms with E-state index in [4.69, 9.17) is 14.2 Å². The third kappa shape index (κ3) is 5.67. The zero-order valence-corrected chi connectivity index (χ0v) is 24.4. The number of Topliss-reactive ketones (excluding diaryl/α,β-unsaturated/α-hetero) is 1. The number of benzene rings is 3. The van der Waals surface area contributed by atoms with Gasteiger partial charge in [-0.25, -0.2) is 9.37 Å². The Labute approximate surface area is 247 Å². The number of aliphatic hydroxyl groups is 1. The van der Waals surface area contributed by atoms with Crippen molar-refractivity contribution >= 4 is 44.1 Å². The number of hydrogen-bond acceptors (Lipinski definition) is 8. The molecule has 1 saturated heterocycles. The van der Waals surface area contributed by atoms with E-state index in [-0.39, 0.29) is 16.5 Å². The maximum atomic E-state index is 14.0. The number of hydrogen-bond donors (Lipinski definition) is 1. The Morgan fingerprint density at radius 1 is 1.00 bits per heavy atom. The molecule has 10 heteroatoms. The Hall–Kier alpha value is -4.44. The van der Waals surface area contributed by atoms with Crippen LogP contribution in [0.5, 0.6) is 17.2 Å². The van der Waals surface area contributed by atoms with Crippen molar-refractivity contribution in [1.29, 1.82) is 0 Å². The lowest BCUT2D eigenvalue weighted by molar-refractivity contribution is -0.132. The molecular weight excluding hydrogens is 559 g/mol. The third-order valence-electron chi connectivity index (χ3n) is 6.83. The predicted octanol–water partition coefficient (Wildman–Crippen LogP) is 7.04. The van der Waals surface area contributed by atoms with Gasteiger partial charge in [-0.05, 0) is 60.9 Å². The number of unbranched alkanes of at least 4 members (excludes halogenated alkanes) is 1. The Kier molecular flexibility index (Phi) is 8.72. The molecule has 1 aliphatic heterocycles. The molecule has 1 unspecified atom stereocenters. The van der Waals surface area contributed by atoms with Crippen LogP contribution in [-0.4, -0.2) is 42.1 Å². The van der Waals surface area contributed by atoms with Gasteiger partial charge in [-0.2, -0.15) is 0 Å². The topological polar surface area (TPSA) is 98.2 Å². The molecule has 1 atom stereocenters. The lowest BCUT2D eigenvalue weighted by atomic mass is 9.95. The largest absolute Gasteiger partial charge is 0.507 e. The first kappa shape index (κ1) is 29.1. The van der Waals surface area contributed by atoms with Crippen molar-refractivity contribution in [3.8, 4) is 17.2 Å². The standard InChI is InChI=1S/C32H31FN2O6S/c1-4-6-15-41-24-13-10-19(17-25(24)39-3)28-27(29(36)20-8-7-9-22(16-20)40-14-5-2)30(37)31(38)35(28)32-34-23-12-11-21(33)18-26(23)42-32/h7-13,16-18,28,36H,4-6,14-15H2,1-3H3. The summed E-state index contributed by atoms with van der Waals surface area (Å²) in [5.41, 5.74) is 1.19. The maximum Gasteiger partial charge on any atom is 0.301 e. The number of carbonyl (C=O) groups is 2. The molecule has 0 bridgehead atoms. The van der Waals surface area contributed by atoms with E-state index in [1.54, 1.807) is 42.5 Å². The van der Waals surface area contributed by atoms with Crippen LogP contribution in [0.15, 0.2) is 66.2 Å². The van der Waals surface area contributed by atoms with Gasteiger partial charge in [-0.3, -0.25) is 14.5 Å². The zero-order valence-electron chi connectivity index (χ0n) is 23.6. The first-order chi connectivity index (χ1) is 20.4. The molecule has 4 aromatic rings. The highest BCUT2D eigenvalue weighted by atomic mass is 32.1. The predicted molar refractivity (Wildman–Crippen MR) is 160 cm³/mol. The highest BCUT2D eigenvalue weighted by Gasteiger charge is 2.48. The van der Waals surface area contributed by atoms with E-state index >= 15 is 0 Å². The van der Waals surface area contributed by atoms with Crippen molar-refractivity contribution in [2.45, 2.75) is 39.2 Å². The number of aliphatic hydroxyl groups excluding tert-OH is 1. The van der Waals surface area contributed by atoms with Gasteiger partial charge in [0, 0.05) is 5.56 Å². The van der Waals surface area contributed by atoms with Gasteiger partial charge in [0.1, 0.15) is 17.3 Å². The second-order valence-corrected chi connectivity index (χ2v) is 10.8. The highest BCUT2D eigenvalue weighted by molar-refractivity contribution is 7.22. The fourth-order valence-corrected chi connectivity index (χ4v) is 5.76. The van der Waals surface area contributed by atoms with Gasteiger partial charge in [-0.15, -0.1) is 0 Å². The number of carbonyl (C=O) groups excluding carboxylic acids is 2. The average molecular weight is 591 g/mol. The van der Waals surface area contributed by atoms with E-state index in [9.17, 15) is 19.1 Å². The summed E-state index contributed by atoms with van der Waals surface area (Å²) in [5.74, 6) is -1.07. The van der Waals surface area contributed by atoms with E-state index in [0.29, 0.717) is 51.8 Å². The molecule has 1 aliphatic rings. The van der Waals surface area contributed by atoms with Crippen molar-refractivity contribution in [3.05, 3.63) is 83.2 Å². The van der Waals surface area contributed by atoms with E-state index in [0.717, 1.165) is 30.6 Å². The molecule has 0 saturated carbocycles. The number of methoxy groups -OCH3 is 1. The van der Waals surface area contributed by atoms with E-state index in [2.05, 4.69) is 11.9 Å². The molecule has 3 aromatic carbocycles. The van der Waals surface area contributed by atoms with Crippen LogP contribution in [0.2, 0.25) is 0 Å². The Morgan fingerprint density at radius 2 is 1.83 bits per heavy atom. The molecule has 0 spiro atoms. The van der Waals surface area contributed by atoms with Gasteiger partial charge < -0.3 is 19.3 Å². The summed E-state index contributed by atoms with van der Waals surface area (Å²) in [4.78, 5) is 33.1. The van der Waals surface area contributed by atoms with Crippen LogP contribution >= 0.6 is 11.3 Å². The summed E-state index contributed by atoms with van der Waals surface area (Å²) in [6.07, 6.45) is 2.63. The molecule has 0 radical (unpaired) electrons. The molecule has 42 heavy (non-hydrogen) atoms. The number of halogens is 1. The lowest BCUT2D eigenvalue weighted by Gasteiger charge is -2.24. The summed E-state index contributed by atoms with van der Waals surface area (Å²) in [5, 5.41) is 11.8. The van der Waals surface area contributed by atoms with Crippen molar-refractivity contribution in [3.63, 3.8) is 0 Å². The Balaban J connectivity index is 1.67. The van der Waals surface area contributed by atoms with Gasteiger partial charge in [0.15, 0.2) is 16.6 Å². The van der Waals surface area contributed by atoms with Crippen LogP contribution in [0, 0.1) is 5.82 Å². The molecule has 1 N–H and O–H groups in total. The zero-order chi connectivity index (χ0) is 29.8. The minimum Gasteiger partial charge on any atom is -0.507 e. The Morgan fingerprint density at radius 3 is 2.60 bits per heavy atom. The molecule has 5 rings (SSSR count). The van der Waals surface area contributed by atoms with E-state index < -0.39 is 23.5 Å². The SMILES string of the molecule is CCCCOc1ccc(C2C(=C(O)c3cccc(OCCC)c3)C(=O)C(=O)N2c2nc3ccc(F)cc3s2)cc1OC. The molecule has 2 heterocycles. The molecule has 218 valence electrons. The van der Waals surface area contributed by atoms with Crippen molar-refractivity contribution in [2.75, 3.05) is 25.2 Å². The lowest BCUT2D eigenvalue weighted by Crippen LogP contribution is -2.29. The molecule has 1 amide bonds. The number of nitrogens with zero attached hydrogens (tertiary/aromatic N) is 2. The van der Waals surface area contributed by atoms with Crippen LogP contribution in [-0.2, 0) is 9.59 Å². The van der Waals surface area contributed by atoms with Crippen LogP contribution in [0.3, 0.4) is 0 Å². The van der Waals surface area contributed by atoms with E-state index in [1.165, 1.54) is 30.2 Å². The van der Waals surface area contributed by atoms with Gasteiger partial charge in [0.25, 0.3) is 5.78 Å². The summed E-state index contributed by atoms with van der Waals surface area (Å²) in [7, 11) is 1.51. The van der Waals surface area contributed by atoms with Crippen molar-refractivity contribution in [2.24, 2.45) is 0 Å². The van der Waals surface area contributed by atoms with Crippen molar-refractivity contribution in [1.82, 2.24) is 4.98 Å². The number of thiazole rings is 1. The number of fused-ring (bicyclic) bond motifs is 1. The number of rotatable bonds is 11. The summed E-state index contributed by atoms with van der Waals surface area (Å²) < 4.78 is 31.7. The van der Waals surface area contributed by atoms with Crippen LogP contribution in [0.4, 0.5) is 9.52 Å². The number of amides is 1. The number of aromatic nitrogens is 1. The summed E-state index contributed by atoms with van der Waals surface area (Å²) in [6.45, 7) is 5.04. The second kappa shape index (κ2) is 12.6. The molecule has 0 aliphatic carbocycles. The number of ether oxygens (including phenoxy) is 3. The fourth-order valence-electron chi connectivity index (χ4n) is 4.74. The summed E-state index contributed by atoms with van der Waals surface area (Å²) in [6, 6.07) is 15.0. The molecule has 1 fully saturated rings. The average Bonchev–Trinajstić information content (AvgIpc) is 3.53. The first-order valence-corrected chi connectivity index (χ1v) is 14.6. The monoisotopic (exact) mass is 590 g/mol. The third-order valence-corrected chi connectivity index (χ3v) is 7.85. The molecule has 8 nitrogen and oxygen atoms in total. The Bertz CT molecular complexity index is 1670. The van der Waals surface area contributed by atoms with Crippen LogP contribution < -0.4 is 19.1 Å². The molecule has 1 aromatic heterocycles. The number of ketones is 1. The van der Waals surface area contributed by atoms with Gasteiger partial charge in [0.05, 0.1) is 42.2 Å². The highest BCUT2D eigenvalue weighted by Crippen LogP contribution is 2.46. The van der Waals surface area contributed by atoms with Crippen LogP contribution in [0.1, 0.15) is 50.3 Å². The minimum atomic E-state index is -1.05. The minimum absolute atomic E-state index is 0.111. The van der Waals surface area contributed by atoms with Gasteiger partial charge >= 0.3 is 5.91 Å². The van der Waals surface area contributed by atoms with Gasteiger partial charge in [0.2, 0.25) is 0 Å². The first-order valence-electron chi connectivity index (χ1n) is 13.8. The van der Waals surface area contributed by atoms with Gasteiger partial charge in [-0.1, -0.05) is 49.8 Å². The smallest absolute Gasteiger partial charge is 0.301 e. The normalized spacial score (nSPS) is 16.3. The second-order valence-electron chi connectivity index (χ2n) is 9.77. The quantitative estimate of drug-likeness (QED) is 0.0866. The number of anilines is 1. The van der Waals surface area contributed by atoms with Crippen LogP contribution in [0.25, 0.3) is 16.0 Å². The fraction of sp³-hybridized carbons (Fsp3) is 0.281. The van der Waals surface area contributed by atoms with Crippen molar-refractivity contribution < 1.29 is 33.3 Å². The molecular formula is C32H31FN2O6S. The maximum absolute atomic E-state index is 14.0. The summed E-state index contributed by atoms with van der Waals surface area (Å²) >= 11 is 1.08.